The Morgan fingerprint density at radius 2 is 2.00 bits per heavy atom. The summed E-state index contributed by atoms with van der Waals surface area (Å²) in [5.74, 6) is 1.59. The lowest BCUT2D eigenvalue weighted by Crippen LogP contribution is -2.18. The standard InChI is InChI=1S/C12H23N3O2/c1-6-13-9(5)12-14-11(15-17-12)10(8(3)4)16-7-2/h8-10,13H,6-7H2,1-5H3. The molecule has 1 aromatic heterocycles. The smallest absolute Gasteiger partial charge is 0.243 e. The number of nitrogens with zero attached hydrogens (tertiary/aromatic N) is 2. The van der Waals surface area contributed by atoms with Gasteiger partial charge in [-0.25, -0.2) is 0 Å². The molecule has 0 bridgehead atoms. The molecule has 2 atom stereocenters. The number of rotatable bonds is 7. The fourth-order valence-electron chi connectivity index (χ4n) is 1.68. The second-order valence-corrected chi connectivity index (χ2v) is 4.39. The van der Waals surface area contributed by atoms with Crippen LogP contribution in [0.1, 0.15) is 58.5 Å². The molecule has 0 radical (unpaired) electrons. The first-order chi connectivity index (χ1) is 8.10. The van der Waals surface area contributed by atoms with Crippen molar-refractivity contribution >= 4 is 0 Å². The summed E-state index contributed by atoms with van der Waals surface area (Å²) in [6, 6.07) is 0.0793. The minimum absolute atomic E-state index is 0.0793. The maximum Gasteiger partial charge on any atom is 0.243 e. The molecule has 0 spiro atoms. The van der Waals surface area contributed by atoms with Gasteiger partial charge in [-0.1, -0.05) is 25.9 Å². The Balaban J connectivity index is 2.77. The summed E-state index contributed by atoms with van der Waals surface area (Å²) in [6.07, 6.45) is -0.0914. The van der Waals surface area contributed by atoms with E-state index in [4.69, 9.17) is 9.26 Å². The molecule has 98 valence electrons. The van der Waals surface area contributed by atoms with Crippen LogP contribution >= 0.6 is 0 Å². The second kappa shape index (κ2) is 6.71. The van der Waals surface area contributed by atoms with Gasteiger partial charge in [0.2, 0.25) is 11.7 Å². The highest BCUT2D eigenvalue weighted by atomic mass is 16.5. The topological polar surface area (TPSA) is 60.2 Å². The zero-order chi connectivity index (χ0) is 12.8. The Morgan fingerprint density at radius 3 is 2.53 bits per heavy atom. The molecule has 0 saturated carbocycles. The van der Waals surface area contributed by atoms with Crippen molar-refractivity contribution in [3.8, 4) is 0 Å². The largest absolute Gasteiger partial charge is 0.370 e. The van der Waals surface area contributed by atoms with Crippen molar-refractivity contribution in [3.05, 3.63) is 11.7 Å². The quantitative estimate of drug-likeness (QED) is 0.794. The van der Waals surface area contributed by atoms with Crippen LogP contribution < -0.4 is 5.32 Å². The van der Waals surface area contributed by atoms with Crippen LogP contribution in [0.5, 0.6) is 0 Å². The Hall–Kier alpha value is -0.940. The minimum atomic E-state index is -0.0914. The summed E-state index contributed by atoms with van der Waals surface area (Å²) in [5, 5.41) is 7.25. The monoisotopic (exact) mass is 241 g/mol. The highest BCUT2D eigenvalue weighted by molar-refractivity contribution is 4.95. The van der Waals surface area contributed by atoms with Gasteiger partial charge in [0, 0.05) is 6.61 Å². The van der Waals surface area contributed by atoms with Crippen LogP contribution in [0.2, 0.25) is 0 Å². The van der Waals surface area contributed by atoms with E-state index >= 15 is 0 Å². The van der Waals surface area contributed by atoms with Crippen LogP contribution in [0.25, 0.3) is 0 Å². The summed E-state index contributed by atoms with van der Waals surface area (Å²) in [7, 11) is 0. The van der Waals surface area contributed by atoms with E-state index in [1.807, 2.05) is 20.8 Å². The number of nitrogens with one attached hydrogen (secondary N) is 1. The lowest BCUT2D eigenvalue weighted by Gasteiger charge is -2.16. The Bertz CT molecular complexity index is 325. The van der Waals surface area contributed by atoms with Crippen molar-refractivity contribution < 1.29 is 9.26 Å². The highest BCUT2D eigenvalue weighted by Crippen LogP contribution is 2.24. The van der Waals surface area contributed by atoms with E-state index in [1.54, 1.807) is 0 Å². The van der Waals surface area contributed by atoms with Crippen LogP contribution in [0.3, 0.4) is 0 Å². The highest BCUT2D eigenvalue weighted by Gasteiger charge is 2.23. The van der Waals surface area contributed by atoms with Crippen LogP contribution in [0.15, 0.2) is 4.52 Å². The van der Waals surface area contributed by atoms with E-state index in [2.05, 4.69) is 29.3 Å². The van der Waals surface area contributed by atoms with Gasteiger partial charge in [-0.05, 0) is 26.3 Å². The summed E-state index contributed by atoms with van der Waals surface area (Å²) >= 11 is 0. The van der Waals surface area contributed by atoms with Gasteiger partial charge in [0.1, 0.15) is 6.10 Å². The molecule has 0 amide bonds. The molecule has 0 aliphatic carbocycles. The van der Waals surface area contributed by atoms with Gasteiger partial charge in [-0.15, -0.1) is 0 Å². The number of ether oxygens (including phenoxy) is 1. The molecule has 0 aliphatic heterocycles. The molecule has 1 heterocycles. The molecule has 5 nitrogen and oxygen atoms in total. The Labute approximate surface area is 103 Å². The summed E-state index contributed by atoms with van der Waals surface area (Å²) in [6.45, 7) is 11.7. The Morgan fingerprint density at radius 1 is 1.29 bits per heavy atom. The lowest BCUT2D eigenvalue weighted by molar-refractivity contribution is 0.0217. The summed E-state index contributed by atoms with van der Waals surface area (Å²) in [4.78, 5) is 4.40. The van der Waals surface area contributed by atoms with E-state index in [1.165, 1.54) is 0 Å². The normalized spacial score (nSPS) is 15.2. The third-order valence-electron chi connectivity index (χ3n) is 2.54. The van der Waals surface area contributed by atoms with Gasteiger partial charge >= 0.3 is 0 Å². The van der Waals surface area contributed by atoms with E-state index in [0.717, 1.165) is 6.54 Å². The van der Waals surface area contributed by atoms with Crippen molar-refractivity contribution in [1.82, 2.24) is 15.5 Å². The zero-order valence-corrected chi connectivity index (χ0v) is 11.4. The van der Waals surface area contributed by atoms with E-state index in [0.29, 0.717) is 24.2 Å². The maximum absolute atomic E-state index is 5.64. The van der Waals surface area contributed by atoms with Gasteiger partial charge in [-0.3, -0.25) is 0 Å². The number of hydrogen-bond donors (Lipinski definition) is 1. The fraction of sp³-hybridized carbons (Fsp3) is 0.833. The SMILES string of the molecule is CCNC(C)c1nc(C(OCC)C(C)C)no1. The molecule has 1 rings (SSSR count). The van der Waals surface area contributed by atoms with Gasteiger partial charge in [-0.2, -0.15) is 4.98 Å². The first-order valence-corrected chi connectivity index (χ1v) is 6.28. The van der Waals surface area contributed by atoms with Gasteiger partial charge in [0.05, 0.1) is 6.04 Å². The van der Waals surface area contributed by atoms with Gasteiger partial charge in [0.25, 0.3) is 0 Å². The molecule has 0 aromatic carbocycles. The second-order valence-electron chi connectivity index (χ2n) is 4.39. The molecule has 0 fully saturated rings. The molecule has 17 heavy (non-hydrogen) atoms. The molecular weight excluding hydrogens is 218 g/mol. The predicted molar refractivity (Wildman–Crippen MR) is 65.6 cm³/mol. The molecule has 2 unspecified atom stereocenters. The van der Waals surface area contributed by atoms with Gasteiger partial charge < -0.3 is 14.6 Å². The maximum atomic E-state index is 5.64. The third kappa shape index (κ3) is 3.78. The predicted octanol–water partition coefficient (Wildman–Crippen LogP) is 2.47. The minimum Gasteiger partial charge on any atom is -0.370 e. The number of hydrogen-bond acceptors (Lipinski definition) is 5. The van der Waals surface area contributed by atoms with Crippen LogP contribution in [0.4, 0.5) is 0 Å². The molecule has 5 heteroatoms. The van der Waals surface area contributed by atoms with Crippen molar-refractivity contribution in [1.29, 1.82) is 0 Å². The van der Waals surface area contributed by atoms with Crippen LogP contribution in [0, 0.1) is 5.92 Å². The third-order valence-corrected chi connectivity index (χ3v) is 2.54. The fourth-order valence-corrected chi connectivity index (χ4v) is 1.68. The van der Waals surface area contributed by atoms with Crippen LogP contribution in [-0.2, 0) is 4.74 Å². The summed E-state index contributed by atoms with van der Waals surface area (Å²) in [5.41, 5.74) is 0. The van der Waals surface area contributed by atoms with Crippen molar-refractivity contribution in [2.45, 2.75) is 46.8 Å². The molecule has 0 saturated heterocycles. The molecule has 1 N–H and O–H groups in total. The van der Waals surface area contributed by atoms with Crippen LogP contribution in [-0.4, -0.2) is 23.3 Å². The lowest BCUT2D eigenvalue weighted by atomic mass is 10.1. The molecule has 0 aliphatic rings. The Kier molecular flexibility index (Phi) is 5.58. The van der Waals surface area contributed by atoms with Gasteiger partial charge in [0.15, 0.2) is 0 Å². The zero-order valence-electron chi connectivity index (χ0n) is 11.4. The average molecular weight is 241 g/mol. The first kappa shape index (κ1) is 14.1. The van der Waals surface area contributed by atoms with Crippen molar-refractivity contribution in [2.75, 3.05) is 13.2 Å². The molecular formula is C12H23N3O2. The van der Waals surface area contributed by atoms with Crippen molar-refractivity contribution in [3.63, 3.8) is 0 Å². The number of aromatic nitrogens is 2. The molecule has 1 aromatic rings. The van der Waals surface area contributed by atoms with Crippen molar-refractivity contribution in [2.24, 2.45) is 5.92 Å². The first-order valence-electron chi connectivity index (χ1n) is 6.28. The van der Waals surface area contributed by atoms with E-state index in [9.17, 15) is 0 Å². The van der Waals surface area contributed by atoms with E-state index in [-0.39, 0.29) is 12.1 Å². The van der Waals surface area contributed by atoms with E-state index < -0.39 is 0 Å². The average Bonchev–Trinajstić information content (AvgIpc) is 2.74. The summed E-state index contributed by atoms with van der Waals surface area (Å²) < 4.78 is 10.9.